The fraction of sp³-hybridized carbons (Fsp3) is 0.0769. The standard InChI is InChI=1S/C13H10BrN3/c14-13-6-11(16)3-2-10(13)5-12-4-1-9(7-15)8-17-12/h1-4,6,8H,5,16H2. The molecule has 0 aliphatic heterocycles. The van der Waals surface area contributed by atoms with Crippen molar-refractivity contribution in [2.75, 3.05) is 5.73 Å². The van der Waals surface area contributed by atoms with Gasteiger partial charge in [0.2, 0.25) is 0 Å². The highest BCUT2D eigenvalue weighted by Crippen LogP contribution is 2.22. The Labute approximate surface area is 108 Å². The van der Waals surface area contributed by atoms with Crippen molar-refractivity contribution >= 4 is 21.6 Å². The number of nitrogen functional groups attached to an aromatic ring is 1. The molecular formula is C13H10BrN3. The van der Waals surface area contributed by atoms with Crippen molar-refractivity contribution in [1.82, 2.24) is 4.98 Å². The maximum absolute atomic E-state index is 8.68. The largest absolute Gasteiger partial charge is 0.399 e. The number of nitriles is 1. The highest BCUT2D eigenvalue weighted by atomic mass is 79.9. The SMILES string of the molecule is N#Cc1ccc(Cc2ccc(N)cc2Br)nc1. The molecule has 0 fully saturated rings. The normalized spacial score (nSPS) is 9.88. The monoisotopic (exact) mass is 287 g/mol. The molecule has 2 aromatic rings. The topological polar surface area (TPSA) is 62.7 Å². The van der Waals surface area contributed by atoms with Crippen molar-refractivity contribution in [3.63, 3.8) is 0 Å². The first-order chi connectivity index (χ1) is 8.19. The van der Waals surface area contributed by atoms with E-state index in [1.807, 2.05) is 30.3 Å². The molecule has 0 aliphatic carbocycles. The molecule has 4 heteroatoms. The molecule has 2 rings (SSSR count). The predicted molar refractivity (Wildman–Crippen MR) is 70.3 cm³/mol. The van der Waals surface area contributed by atoms with Crippen LogP contribution in [0.2, 0.25) is 0 Å². The van der Waals surface area contributed by atoms with Crippen LogP contribution in [0.4, 0.5) is 5.69 Å². The van der Waals surface area contributed by atoms with Gasteiger partial charge >= 0.3 is 0 Å². The number of benzene rings is 1. The Morgan fingerprint density at radius 1 is 1.29 bits per heavy atom. The second kappa shape index (κ2) is 4.98. The van der Waals surface area contributed by atoms with E-state index in [1.54, 1.807) is 12.3 Å². The number of hydrogen-bond acceptors (Lipinski definition) is 3. The highest BCUT2D eigenvalue weighted by Gasteiger charge is 2.03. The second-order valence-corrected chi connectivity index (χ2v) is 4.53. The summed E-state index contributed by atoms with van der Waals surface area (Å²) in [7, 11) is 0. The molecule has 84 valence electrons. The van der Waals surface area contributed by atoms with Crippen molar-refractivity contribution in [2.24, 2.45) is 0 Å². The summed E-state index contributed by atoms with van der Waals surface area (Å²) in [5.41, 5.74) is 9.03. The Morgan fingerprint density at radius 3 is 2.71 bits per heavy atom. The van der Waals surface area contributed by atoms with Gasteiger partial charge in [-0.3, -0.25) is 4.98 Å². The molecule has 0 spiro atoms. The predicted octanol–water partition coefficient (Wildman–Crippen LogP) is 2.89. The van der Waals surface area contributed by atoms with Gasteiger partial charge in [-0.2, -0.15) is 5.26 Å². The van der Waals surface area contributed by atoms with Crippen LogP contribution in [0.5, 0.6) is 0 Å². The van der Waals surface area contributed by atoms with Crippen molar-refractivity contribution in [2.45, 2.75) is 6.42 Å². The van der Waals surface area contributed by atoms with Crippen LogP contribution in [0.25, 0.3) is 0 Å². The number of aromatic nitrogens is 1. The molecule has 0 radical (unpaired) electrons. The summed E-state index contributed by atoms with van der Waals surface area (Å²) in [6, 6.07) is 11.4. The lowest BCUT2D eigenvalue weighted by atomic mass is 10.1. The lowest BCUT2D eigenvalue weighted by molar-refractivity contribution is 1.06. The third-order valence-corrected chi connectivity index (χ3v) is 3.14. The summed E-state index contributed by atoms with van der Waals surface area (Å²) in [5.74, 6) is 0. The molecule has 3 nitrogen and oxygen atoms in total. The molecule has 0 unspecified atom stereocenters. The van der Waals surface area contributed by atoms with Gasteiger partial charge in [-0.15, -0.1) is 0 Å². The van der Waals surface area contributed by atoms with Gasteiger partial charge in [-0.25, -0.2) is 0 Å². The number of pyridine rings is 1. The van der Waals surface area contributed by atoms with Crippen LogP contribution >= 0.6 is 15.9 Å². The number of halogens is 1. The quantitative estimate of drug-likeness (QED) is 0.864. The minimum absolute atomic E-state index is 0.574. The zero-order chi connectivity index (χ0) is 12.3. The van der Waals surface area contributed by atoms with Gasteiger partial charge in [-0.1, -0.05) is 22.0 Å². The summed E-state index contributed by atoms with van der Waals surface area (Å²) < 4.78 is 0.976. The molecular weight excluding hydrogens is 278 g/mol. The summed E-state index contributed by atoms with van der Waals surface area (Å²) in [6.07, 6.45) is 2.30. The number of hydrogen-bond donors (Lipinski definition) is 1. The van der Waals surface area contributed by atoms with Crippen LogP contribution in [0.1, 0.15) is 16.8 Å². The van der Waals surface area contributed by atoms with Gasteiger partial charge in [0.1, 0.15) is 6.07 Å². The van der Waals surface area contributed by atoms with Gasteiger partial charge in [0.15, 0.2) is 0 Å². The summed E-state index contributed by atoms with van der Waals surface area (Å²) in [6.45, 7) is 0. The molecule has 0 amide bonds. The summed E-state index contributed by atoms with van der Waals surface area (Å²) >= 11 is 3.47. The Hall–Kier alpha value is -1.86. The zero-order valence-electron chi connectivity index (χ0n) is 9.02. The van der Waals surface area contributed by atoms with Gasteiger partial charge < -0.3 is 5.73 Å². The number of rotatable bonds is 2. The average molecular weight is 288 g/mol. The first kappa shape index (κ1) is 11.6. The van der Waals surface area contributed by atoms with Crippen molar-refractivity contribution in [3.8, 4) is 6.07 Å². The summed E-state index contributed by atoms with van der Waals surface area (Å²) in [4.78, 5) is 4.23. The Bertz CT molecular complexity index is 570. The van der Waals surface area contributed by atoms with Crippen LogP contribution in [-0.4, -0.2) is 4.98 Å². The van der Waals surface area contributed by atoms with Gasteiger partial charge in [-0.05, 0) is 29.8 Å². The molecule has 0 aliphatic rings. The molecule has 0 saturated carbocycles. The average Bonchev–Trinajstić information content (AvgIpc) is 2.34. The van der Waals surface area contributed by atoms with E-state index in [1.165, 1.54) is 0 Å². The van der Waals surface area contributed by atoms with Gasteiger partial charge in [0.25, 0.3) is 0 Å². The van der Waals surface area contributed by atoms with E-state index in [0.29, 0.717) is 12.0 Å². The van der Waals surface area contributed by atoms with E-state index in [4.69, 9.17) is 11.0 Å². The lowest BCUT2D eigenvalue weighted by Crippen LogP contribution is -1.94. The number of anilines is 1. The van der Waals surface area contributed by atoms with E-state index in [-0.39, 0.29) is 0 Å². The van der Waals surface area contributed by atoms with E-state index in [9.17, 15) is 0 Å². The minimum Gasteiger partial charge on any atom is -0.399 e. The van der Waals surface area contributed by atoms with E-state index in [2.05, 4.69) is 20.9 Å². The third kappa shape index (κ3) is 2.83. The Balaban J connectivity index is 2.23. The molecule has 0 saturated heterocycles. The first-order valence-corrected chi connectivity index (χ1v) is 5.87. The first-order valence-electron chi connectivity index (χ1n) is 5.08. The van der Waals surface area contributed by atoms with Crippen LogP contribution in [0.3, 0.4) is 0 Å². The Kier molecular flexibility index (Phi) is 3.40. The van der Waals surface area contributed by atoms with Gasteiger partial charge in [0, 0.05) is 28.5 Å². The maximum Gasteiger partial charge on any atom is 0.101 e. The minimum atomic E-state index is 0.574. The maximum atomic E-state index is 8.68. The van der Waals surface area contributed by atoms with E-state index >= 15 is 0 Å². The van der Waals surface area contributed by atoms with Crippen LogP contribution in [0.15, 0.2) is 41.0 Å². The summed E-state index contributed by atoms with van der Waals surface area (Å²) in [5, 5.41) is 8.68. The van der Waals surface area contributed by atoms with E-state index < -0.39 is 0 Å². The van der Waals surface area contributed by atoms with Crippen LogP contribution < -0.4 is 5.73 Å². The third-order valence-electron chi connectivity index (χ3n) is 2.40. The van der Waals surface area contributed by atoms with Crippen molar-refractivity contribution in [3.05, 3.63) is 57.8 Å². The molecule has 17 heavy (non-hydrogen) atoms. The second-order valence-electron chi connectivity index (χ2n) is 3.68. The van der Waals surface area contributed by atoms with Crippen LogP contribution in [0, 0.1) is 11.3 Å². The van der Waals surface area contributed by atoms with Crippen molar-refractivity contribution in [1.29, 1.82) is 5.26 Å². The fourth-order valence-electron chi connectivity index (χ4n) is 1.50. The molecule has 1 aromatic heterocycles. The molecule has 1 aromatic carbocycles. The molecule has 1 heterocycles. The fourth-order valence-corrected chi connectivity index (χ4v) is 2.03. The number of nitrogens with zero attached hydrogens (tertiary/aromatic N) is 2. The van der Waals surface area contributed by atoms with Crippen molar-refractivity contribution < 1.29 is 0 Å². The molecule has 0 bridgehead atoms. The smallest absolute Gasteiger partial charge is 0.101 e. The van der Waals surface area contributed by atoms with E-state index in [0.717, 1.165) is 21.4 Å². The number of nitrogens with two attached hydrogens (primary N) is 1. The molecule has 2 N–H and O–H groups in total. The highest BCUT2D eigenvalue weighted by molar-refractivity contribution is 9.10. The molecule has 0 atom stereocenters. The lowest BCUT2D eigenvalue weighted by Gasteiger charge is -2.05. The zero-order valence-corrected chi connectivity index (χ0v) is 10.6. The van der Waals surface area contributed by atoms with Crippen LogP contribution in [-0.2, 0) is 6.42 Å². The van der Waals surface area contributed by atoms with Gasteiger partial charge in [0.05, 0.1) is 5.56 Å². The Morgan fingerprint density at radius 2 is 2.12 bits per heavy atom.